The number of nitrogens with zero attached hydrogens (tertiary/aromatic N) is 1. The van der Waals surface area contributed by atoms with E-state index in [0.717, 1.165) is 36.9 Å². The van der Waals surface area contributed by atoms with Crippen LogP contribution in [0.4, 0.5) is 4.79 Å². The van der Waals surface area contributed by atoms with Crippen molar-refractivity contribution >= 4 is 6.09 Å². The Balaban J connectivity index is 2.42. The molecule has 0 saturated carbocycles. The summed E-state index contributed by atoms with van der Waals surface area (Å²) >= 11 is 0. The lowest BCUT2D eigenvalue weighted by Crippen LogP contribution is -2.54. The Bertz CT molecular complexity index is 744. The summed E-state index contributed by atoms with van der Waals surface area (Å²) in [5.74, 6) is 0.685. The summed E-state index contributed by atoms with van der Waals surface area (Å²) < 4.78 is 0. The molecular formula is C22H33N3O2. The van der Waals surface area contributed by atoms with E-state index in [1.54, 1.807) is 0 Å². The molecule has 5 nitrogen and oxygen atoms in total. The summed E-state index contributed by atoms with van der Waals surface area (Å²) in [7, 11) is 0. The van der Waals surface area contributed by atoms with Gasteiger partial charge in [0, 0.05) is 11.8 Å². The van der Waals surface area contributed by atoms with Crippen LogP contribution in [0.25, 0.3) is 11.3 Å². The highest BCUT2D eigenvalue weighted by Crippen LogP contribution is 2.42. The maximum atomic E-state index is 11.7. The number of nitrogens with one attached hydrogen (secondary N) is 2. The molecule has 5 heteroatoms. The minimum atomic E-state index is -1.02. The molecular weight excluding hydrogens is 338 g/mol. The fourth-order valence-corrected chi connectivity index (χ4v) is 3.57. The number of aromatic nitrogens is 2. The normalized spacial score (nSPS) is 14.0. The topological polar surface area (TPSA) is 78.0 Å². The van der Waals surface area contributed by atoms with Gasteiger partial charge in [0.1, 0.15) is 11.4 Å². The SMILES string of the molecule is CCCCCCC(NC(=O)O)(c1nc(-c2ccc(C)cc2)c[nH]1)C(C)(C)C. The van der Waals surface area contributed by atoms with Gasteiger partial charge in [0.15, 0.2) is 0 Å². The maximum absolute atomic E-state index is 11.7. The van der Waals surface area contributed by atoms with E-state index < -0.39 is 11.6 Å². The third-order valence-electron chi connectivity index (χ3n) is 5.34. The van der Waals surface area contributed by atoms with Crippen molar-refractivity contribution in [1.29, 1.82) is 0 Å². The molecule has 3 N–H and O–H groups in total. The third-order valence-corrected chi connectivity index (χ3v) is 5.34. The quantitative estimate of drug-likeness (QED) is 0.508. The second-order valence-corrected chi connectivity index (χ2v) is 8.40. The van der Waals surface area contributed by atoms with Crippen molar-refractivity contribution in [3.8, 4) is 11.3 Å². The van der Waals surface area contributed by atoms with E-state index in [0.29, 0.717) is 12.2 Å². The molecule has 1 amide bonds. The van der Waals surface area contributed by atoms with Crippen LogP contribution in [-0.4, -0.2) is 21.2 Å². The van der Waals surface area contributed by atoms with Gasteiger partial charge in [0.2, 0.25) is 0 Å². The molecule has 0 bridgehead atoms. The van der Waals surface area contributed by atoms with Gasteiger partial charge in [-0.2, -0.15) is 0 Å². The number of benzene rings is 1. The second-order valence-electron chi connectivity index (χ2n) is 8.40. The standard InChI is InChI=1S/C22H33N3O2/c1-6-7-8-9-14-22(21(3,4)5,25-20(26)27)19-23-15-18(24-19)17-12-10-16(2)11-13-17/h10-13,15,25H,6-9,14H2,1-5H3,(H,23,24)(H,26,27). The van der Waals surface area contributed by atoms with E-state index in [1.165, 1.54) is 5.56 Å². The molecule has 148 valence electrons. The van der Waals surface area contributed by atoms with Crippen LogP contribution < -0.4 is 5.32 Å². The van der Waals surface area contributed by atoms with Crippen LogP contribution in [-0.2, 0) is 5.54 Å². The Labute approximate surface area is 162 Å². The molecule has 1 unspecified atom stereocenters. The lowest BCUT2D eigenvalue weighted by atomic mass is 9.70. The van der Waals surface area contributed by atoms with Gasteiger partial charge < -0.3 is 15.4 Å². The minimum Gasteiger partial charge on any atom is -0.465 e. The molecule has 2 aromatic rings. The van der Waals surface area contributed by atoms with Crippen LogP contribution in [0.15, 0.2) is 30.5 Å². The Morgan fingerprint density at radius 2 is 1.81 bits per heavy atom. The van der Waals surface area contributed by atoms with E-state index in [2.05, 4.69) is 57.1 Å². The molecule has 0 spiro atoms. The molecule has 1 aromatic carbocycles. The number of hydrogen-bond acceptors (Lipinski definition) is 2. The van der Waals surface area contributed by atoms with Gasteiger partial charge in [-0.1, -0.05) is 83.2 Å². The summed E-state index contributed by atoms with van der Waals surface area (Å²) in [6.07, 6.45) is 5.90. The van der Waals surface area contributed by atoms with Crippen molar-refractivity contribution < 1.29 is 9.90 Å². The summed E-state index contributed by atoms with van der Waals surface area (Å²) in [4.78, 5) is 19.8. The van der Waals surface area contributed by atoms with Gasteiger partial charge >= 0.3 is 6.09 Å². The van der Waals surface area contributed by atoms with Gasteiger partial charge in [-0.05, 0) is 18.8 Å². The predicted molar refractivity (Wildman–Crippen MR) is 110 cm³/mol. The summed E-state index contributed by atoms with van der Waals surface area (Å²) in [6, 6.07) is 8.20. The van der Waals surface area contributed by atoms with Gasteiger partial charge in [-0.15, -0.1) is 0 Å². The molecule has 1 heterocycles. The monoisotopic (exact) mass is 371 g/mol. The van der Waals surface area contributed by atoms with E-state index in [9.17, 15) is 9.90 Å². The van der Waals surface area contributed by atoms with Crippen LogP contribution in [0.3, 0.4) is 0 Å². The summed E-state index contributed by atoms with van der Waals surface area (Å²) in [5, 5.41) is 12.4. The zero-order valence-electron chi connectivity index (χ0n) is 17.2. The molecule has 27 heavy (non-hydrogen) atoms. The first-order valence-electron chi connectivity index (χ1n) is 9.83. The summed E-state index contributed by atoms with van der Waals surface area (Å²) in [5.41, 5.74) is 1.95. The number of imidazole rings is 1. The number of aryl methyl sites for hydroxylation is 1. The lowest BCUT2D eigenvalue weighted by molar-refractivity contribution is 0.0994. The lowest BCUT2D eigenvalue weighted by Gasteiger charge is -2.43. The zero-order valence-corrected chi connectivity index (χ0v) is 17.2. The zero-order chi connectivity index (χ0) is 20.1. The number of carbonyl (C=O) groups is 1. The number of hydrogen-bond donors (Lipinski definition) is 3. The average Bonchev–Trinajstić information content (AvgIpc) is 3.07. The second kappa shape index (κ2) is 8.59. The molecule has 0 radical (unpaired) electrons. The molecule has 0 saturated heterocycles. The molecule has 0 aliphatic carbocycles. The highest BCUT2D eigenvalue weighted by Gasteiger charge is 2.46. The number of carboxylic acid groups (broad SMARTS) is 1. The van der Waals surface area contributed by atoms with Gasteiger partial charge in [-0.25, -0.2) is 9.78 Å². The van der Waals surface area contributed by atoms with Gasteiger partial charge in [0.05, 0.1) is 5.69 Å². The molecule has 1 atom stereocenters. The van der Waals surface area contributed by atoms with Crippen molar-refractivity contribution in [2.45, 2.75) is 72.3 Å². The predicted octanol–water partition coefficient (Wildman–Crippen LogP) is 5.86. The van der Waals surface area contributed by atoms with Crippen molar-refractivity contribution in [3.63, 3.8) is 0 Å². The smallest absolute Gasteiger partial charge is 0.405 e. The number of aromatic amines is 1. The largest absolute Gasteiger partial charge is 0.465 e. The van der Waals surface area contributed by atoms with E-state index in [-0.39, 0.29) is 5.41 Å². The van der Waals surface area contributed by atoms with Crippen molar-refractivity contribution in [2.24, 2.45) is 5.41 Å². The molecule has 0 fully saturated rings. The van der Waals surface area contributed by atoms with E-state index in [4.69, 9.17) is 4.98 Å². The molecule has 0 aliphatic rings. The Kier molecular flexibility index (Phi) is 6.68. The fourth-order valence-electron chi connectivity index (χ4n) is 3.57. The minimum absolute atomic E-state index is 0.333. The fraction of sp³-hybridized carbons (Fsp3) is 0.545. The van der Waals surface area contributed by atoms with E-state index in [1.807, 2.05) is 18.3 Å². The Morgan fingerprint density at radius 3 is 2.37 bits per heavy atom. The van der Waals surface area contributed by atoms with E-state index >= 15 is 0 Å². The highest BCUT2D eigenvalue weighted by atomic mass is 16.4. The third kappa shape index (κ3) is 4.90. The molecule has 1 aromatic heterocycles. The van der Waals surface area contributed by atoms with Crippen molar-refractivity contribution in [1.82, 2.24) is 15.3 Å². The van der Waals surface area contributed by atoms with Crippen LogP contribution >= 0.6 is 0 Å². The maximum Gasteiger partial charge on any atom is 0.405 e. The van der Waals surface area contributed by atoms with Crippen LogP contribution in [0.2, 0.25) is 0 Å². The number of H-pyrrole nitrogens is 1. The first kappa shape index (κ1) is 21.0. The number of unbranched alkanes of at least 4 members (excludes halogenated alkanes) is 3. The summed E-state index contributed by atoms with van der Waals surface area (Å²) in [6.45, 7) is 10.4. The number of rotatable bonds is 8. The first-order valence-corrected chi connectivity index (χ1v) is 9.83. The molecule has 2 rings (SSSR count). The van der Waals surface area contributed by atoms with Gasteiger partial charge in [-0.3, -0.25) is 0 Å². The Hall–Kier alpha value is -2.30. The van der Waals surface area contributed by atoms with Crippen LogP contribution in [0.1, 0.15) is 71.2 Å². The molecule has 0 aliphatic heterocycles. The first-order chi connectivity index (χ1) is 12.7. The van der Waals surface area contributed by atoms with Crippen molar-refractivity contribution in [3.05, 3.63) is 41.9 Å². The highest BCUT2D eigenvalue weighted by molar-refractivity contribution is 5.66. The Morgan fingerprint density at radius 1 is 1.15 bits per heavy atom. The number of amides is 1. The van der Waals surface area contributed by atoms with Crippen LogP contribution in [0, 0.1) is 12.3 Å². The van der Waals surface area contributed by atoms with Crippen LogP contribution in [0.5, 0.6) is 0 Å². The van der Waals surface area contributed by atoms with Crippen molar-refractivity contribution in [2.75, 3.05) is 0 Å². The average molecular weight is 372 g/mol. The van der Waals surface area contributed by atoms with Gasteiger partial charge in [0.25, 0.3) is 0 Å².